The smallest absolute Gasteiger partial charge is 0.416 e. The van der Waals surface area contributed by atoms with Crippen LogP contribution >= 0.6 is 0 Å². The van der Waals surface area contributed by atoms with Gasteiger partial charge in [0.25, 0.3) is 5.89 Å². The molecule has 0 radical (unpaired) electrons. The van der Waals surface area contributed by atoms with Gasteiger partial charge >= 0.3 is 6.18 Å². The van der Waals surface area contributed by atoms with Crippen LogP contribution in [0.15, 0.2) is 47.0 Å². The highest BCUT2D eigenvalue weighted by atomic mass is 19.4. The van der Waals surface area contributed by atoms with Crippen LogP contribution in [-0.4, -0.2) is 15.9 Å². The summed E-state index contributed by atoms with van der Waals surface area (Å²) < 4.78 is 61.8. The lowest BCUT2D eigenvalue weighted by molar-refractivity contribution is -0.137. The molecule has 0 amide bonds. The summed E-state index contributed by atoms with van der Waals surface area (Å²) in [6.07, 6.45) is -4.43. The molecule has 0 spiro atoms. The molecule has 3 rings (SSSR count). The number of ether oxygens (including phenoxy) is 1. The summed E-state index contributed by atoms with van der Waals surface area (Å²) in [5, 5.41) is 3.68. The summed E-state index contributed by atoms with van der Waals surface area (Å²) in [5.74, 6) is -0.804. The molecule has 0 atom stereocenters. The van der Waals surface area contributed by atoms with Crippen LogP contribution < -0.4 is 4.74 Å². The first-order chi connectivity index (χ1) is 12.7. The lowest BCUT2D eigenvalue weighted by Crippen LogP contribution is -2.04. The Hall–Kier alpha value is -3.23. The van der Waals surface area contributed by atoms with Gasteiger partial charge in [0, 0.05) is 11.6 Å². The third kappa shape index (κ3) is 4.30. The molecule has 0 unspecified atom stereocenters. The minimum Gasteiger partial charge on any atom is -0.484 e. The molecule has 27 heavy (non-hydrogen) atoms. The number of carbonyl (C=O) groups excluding carboxylic acids is 1. The normalized spacial score (nSPS) is 11.4. The Morgan fingerprint density at radius 3 is 2.44 bits per heavy atom. The summed E-state index contributed by atoms with van der Waals surface area (Å²) in [6, 6.07) is 8.08. The van der Waals surface area contributed by atoms with Gasteiger partial charge in [-0.25, -0.2) is 4.39 Å². The van der Waals surface area contributed by atoms with Crippen molar-refractivity contribution in [3.63, 3.8) is 0 Å². The van der Waals surface area contributed by atoms with E-state index in [9.17, 15) is 22.4 Å². The van der Waals surface area contributed by atoms with Crippen LogP contribution in [0.25, 0.3) is 11.4 Å². The standard InChI is InChI=1S/C18H12F4N2O3/c1-10(25)14-7-6-13(8-15(14)19)26-9-16-23-17(24-27-16)11-2-4-12(5-3-11)18(20,21)22/h2-8H,9H2,1H3. The van der Waals surface area contributed by atoms with Gasteiger partial charge in [-0.3, -0.25) is 4.79 Å². The monoisotopic (exact) mass is 380 g/mol. The quantitative estimate of drug-likeness (QED) is 0.475. The van der Waals surface area contributed by atoms with Gasteiger partial charge in [0.1, 0.15) is 11.6 Å². The molecule has 9 heteroatoms. The fourth-order valence-corrected chi connectivity index (χ4v) is 2.26. The van der Waals surface area contributed by atoms with E-state index in [0.717, 1.165) is 18.2 Å². The first-order valence-electron chi connectivity index (χ1n) is 7.67. The minimum atomic E-state index is -4.43. The van der Waals surface area contributed by atoms with Crippen LogP contribution in [0.2, 0.25) is 0 Å². The molecule has 0 saturated carbocycles. The van der Waals surface area contributed by atoms with Crippen LogP contribution in [0, 0.1) is 5.82 Å². The van der Waals surface area contributed by atoms with E-state index < -0.39 is 23.3 Å². The van der Waals surface area contributed by atoms with E-state index in [1.54, 1.807) is 0 Å². The molecule has 0 bridgehead atoms. The predicted octanol–water partition coefficient (Wildman–Crippen LogP) is 4.68. The minimum absolute atomic E-state index is 0.0512. The van der Waals surface area contributed by atoms with E-state index in [-0.39, 0.29) is 29.6 Å². The van der Waals surface area contributed by atoms with Gasteiger partial charge in [-0.15, -0.1) is 0 Å². The summed E-state index contributed by atoms with van der Waals surface area (Å²) in [6.45, 7) is 1.08. The highest BCUT2D eigenvalue weighted by molar-refractivity contribution is 5.94. The van der Waals surface area contributed by atoms with Crippen molar-refractivity contribution < 1.29 is 31.6 Å². The number of halogens is 4. The molecule has 1 heterocycles. The Kier molecular flexibility index (Phi) is 4.93. The summed E-state index contributed by atoms with van der Waals surface area (Å²) in [7, 11) is 0. The van der Waals surface area contributed by atoms with Gasteiger partial charge in [0.2, 0.25) is 5.82 Å². The van der Waals surface area contributed by atoms with Gasteiger partial charge in [-0.2, -0.15) is 18.2 Å². The first-order valence-corrected chi connectivity index (χ1v) is 7.67. The Morgan fingerprint density at radius 1 is 1.15 bits per heavy atom. The number of benzene rings is 2. The van der Waals surface area contributed by atoms with Crippen LogP contribution in [0.3, 0.4) is 0 Å². The number of ketones is 1. The number of aromatic nitrogens is 2. The maximum Gasteiger partial charge on any atom is 0.416 e. The van der Waals surface area contributed by atoms with E-state index in [2.05, 4.69) is 10.1 Å². The third-order valence-corrected chi connectivity index (χ3v) is 3.62. The Balaban J connectivity index is 1.68. The second kappa shape index (κ2) is 7.18. The lowest BCUT2D eigenvalue weighted by atomic mass is 10.1. The second-order valence-corrected chi connectivity index (χ2v) is 5.57. The van der Waals surface area contributed by atoms with Crippen LogP contribution in [-0.2, 0) is 12.8 Å². The zero-order valence-electron chi connectivity index (χ0n) is 13.9. The predicted molar refractivity (Wildman–Crippen MR) is 85.5 cm³/mol. The van der Waals surface area contributed by atoms with E-state index in [0.29, 0.717) is 5.56 Å². The largest absolute Gasteiger partial charge is 0.484 e. The fraction of sp³-hybridized carbons (Fsp3) is 0.167. The molecule has 0 N–H and O–H groups in total. The SMILES string of the molecule is CC(=O)c1ccc(OCc2nc(-c3ccc(C(F)(F)F)cc3)no2)cc1F. The van der Waals surface area contributed by atoms with Crippen molar-refractivity contribution in [3.05, 3.63) is 65.3 Å². The topological polar surface area (TPSA) is 65.2 Å². The van der Waals surface area contributed by atoms with Crippen LogP contribution in [0.1, 0.15) is 28.7 Å². The van der Waals surface area contributed by atoms with E-state index in [1.165, 1.54) is 31.2 Å². The highest BCUT2D eigenvalue weighted by Crippen LogP contribution is 2.30. The van der Waals surface area contributed by atoms with Crippen molar-refractivity contribution in [1.29, 1.82) is 0 Å². The molecule has 0 aliphatic rings. The summed E-state index contributed by atoms with van der Waals surface area (Å²) >= 11 is 0. The van der Waals surface area contributed by atoms with Gasteiger partial charge in [-0.1, -0.05) is 17.3 Å². The average molecular weight is 380 g/mol. The molecule has 0 saturated heterocycles. The number of alkyl halides is 3. The maximum absolute atomic E-state index is 13.7. The maximum atomic E-state index is 13.7. The molecule has 140 valence electrons. The zero-order chi connectivity index (χ0) is 19.6. The van der Waals surface area contributed by atoms with Gasteiger partial charge in [0.05, 0.1) is 11.1 Å². The van der Waals surface area contributed by atoms with Crippen molar-refractivity contribution in [2.45, 2.75) is 19.7 Å². The van der Waals surface area contributed by atoms with Gasteiger partial charge in [-0.05, 0) is 31.2 Å². The van der Waals surface area contributed by atoms with Crippen LogP contribution in [0.5, 0.6) is 5.75 Å². The molecular weight excluding hydrogens is 368 g/mol. The Labute approximate surface area is 150 Å². The number of nitrogens with zero attached hydrogens (tertiary/aromatic N) is 2. The summed E-state index contributed by atoms with van der Waals surface area (Å²) in [5.41, 5.74) is -0.492. The Bertz CT molecular complexity index is 965. The van der Waals surface area contributed by atoms with Crippen molar-refractivity contribution in [1.82, 2.24) is 10.1 Å². The second-order valence-electron chi connectivity index (χ2n) is 5.57. The Morgan fingerprint density at radius 2 is 1.85 bits per heavy atom. The van der Waals surface area contributed by atoms with Crippen LogP contribution in [0.4, 0.5) is 17.6 Å². The number of rotatable bonds is 5. The van der Waals surface area contributed by atoms with Gasteiger partial charge in [0.15, 0.2) is 12.4 Å². The number of carbonyl (C=O) groups is 1. The van der Waals surface area contributed by atoms with Crippen molar-refractivity contribution in [2.75, 3.05) is 0 Å². The van der Waals surface area contributed by atoms with Crippen molar-refractivity contribution >= 4 is 5.78 Å². The molecule has 5 nitrogen and oxygen atoms in total. The molecule has 0 fully saturated rings. The molecule has 2 aromatic carbocycles. The van der Waals surface area contributed by atoms with Crippen molar-refractivity contribution in [3.8, 4) is 17.1 Å². The molecule has 1 aromatic heterocycles. The molecule has 0 aliphatic carbocycles. The third-order valence-electron chi connectivity index (χ3n) is 3.62. The average Bonchev–Trinajstić information content (AvgIpc) is 3.08. The number of hydrogen-bond donors (Lipinski definition) is 0. The highest BCUT2D eigenvalue weighted by Gasteiger charge is 2.30. The molecule has 0 aliphatic heterocycles. The number of Topliss-reactive ketones (excluding diaryl/α,β-unsaturated/α-hetero) is 1. The number of hydrogen-bond acceptors (Lipinski definition) is 5. The molecule has 3 aromatic rings. The van der Waals surface area contributed by atoms with E-state index in [4.69, 9.17) is 9.26 Å². The summed E-state index contributed by atoms with van der Waals surface area (Å²) in [4.78, 5) is 15.2. The van der Waals surface area contributed by atoms with Crippen molar-refractivity contribution in [2.24, 2.45) is 0 Å². The van der Waals surface area contributed by atoms with E-state index in [1.807, 2.05) is 0 Å². The zero-order valence-corrected chi connectivity index (χ0v) is 13.9. The first kappa shape index (κ1) is 18.6. The van der Waals surface area contributed by atoms with E-state index >= 15 is 0 Å². The fourth-order valence-electron chi connectivity index (χ4n) is 2.26. The lowest BCUT2D eigenvalue weighted by Gasteiger charge is -2.06. The van der Waals surface area contributed by atoms with Gasteiger partial charge < -0.3 is 9.26 Å². The molecular formula is C18H12F4N2O3.